The third-order valence-electron chi connectivity index (χ3n) is 8.24. The Hall–Kier alpha value is -4.43. The van der Waals surface area contributed by atoms with E-state index in [1.807, 2.05) is 26.0 Å². The summed E-state index contributed by atoms with van der Waals surface area (Å²) in [5.41, 5.74) is 10.0. The summed E-state index contributed by atoms with van der Waals surface area (Å²) in [6, 6.07) is 30.5. The van der Waals surface area contributed by atoms with Gasteiger partial charge in [0.1, 0.15) is 0 Å². The van der Waals surface area contributed by atoms with E-state index >= 15 is 0 Å². The van der Waals surface area contributed by atoms with Crippen LogP contribution >= 0.6 is 0 Å². The fourth-order valence-corrected chi connectivity index (χ4v) is 6.17. The van der Waals surface area contributed by atoms with Crippen molar-refractivity contribution in [3.63, 3.8) is 0 Å². The molecule has 2 heteroatoms. The molecule has 0 saturated heterocycles. The van der Waals surface area contributed by atoms with E-state index in [1.54, 1.807) is 0 Å². The minimum atomic E-state index is -0.0561. The van der Waals surface area contributed by atoms with Crippen LogP contribution in [0.2, 0.25) is 0 Å². The Balaban J connectivity index is 0.000000868. The van der Waals surface area contributed by atoms with E-state index in [4.69, 9.17) is 4.98 Å². The summed E-state index contributed by atoms with van der Waals surface area (Å²) in [7, 11) is 0. The lowest BCUT2D eigenvalue weighted by Crippen LogP contribution is -2.28. The first-order valence-corrected chi connectivity index (χ1v) is 15.8. The van der Waals surface area contributed by atoms with Crippen molar-refractivity contribution in [1.82, 2.24) is 10.3 Å². The minimum absolute atomic E-state index is 0.0561. The lowest BCUT2D eigenvalue weighted by Gasteiger charge is -2.34. The fourth-order valence-electron chi connectivity index (χ4n) is 6.17. The number of aromatic nitrogens is 1. The van der Waals surface area contributed by atoms with E-state index < -0.39 is 0 Å². The normalized spacial score (nSPS) is 16.5. The maximum absolute atomic E-state index is 5.39. The van der Waals surface area contributed by atoms with Crippen molar-refractivity contribution < 1.29 is 0 Å². The highest BCUT2D eigenvalue weighted by atomic mass is 15.0. The summed E-state index contributed by atoms with van der Waals surface area (Å²) in [6.45, 7) is 8.47. The maximum atomic E-state index is 5.39. The molecule has 43 heavy (non-hydrogen) atoms. The number of nitrogens with zero attached hydrogens (tertiary/aromatic N) is 1. The molecule has 1 aromatic heterocycles. The molecule has 0 fully saturated rings. The number of hydrogen-bond acceptors (Lipinski definition) is 2. The van der Waals surface area contributed by atoms with Crippen molar-refractivity contribution in [2.75, 3.05) is 0 Å². The van der Waals surface area contributed by atoms with Gasteiger partial charge in [-0.15, -0.1) is 0 Å². The summed E-state index contributed by atoms with van der Waals surface area (Å²) >= 11 is 0. The fraction of sp³-hybridized carbons (Fsp3) is 0.244. The SMILES string of the molecule is C/C=C\C.CCC=C(CCC)NC(C1=C2C=CC=CC2Cc2ccccc21)c1cccc(-c2cccc3ccccc23)n1. The van der Waals surface area contributed by atoms with Gasteiger partial charge < -0.3 is 5.32 Å². The Morgan fingerprint density at radius 1 is 0.860 bits per heavy atom. The molecule has 0 spiro atoms. The van der Waals surface area contributed by atoms with Crippen LogP contribution in [0.1, 0.15) is 69.8 Å². The molecule has 0 amide bonds. The predicted octanol–water partition coefficient (Wildman–Crippen LogP) is 11.0. The van der Waals surface area contributed by atoms with E-state index in [0.29, 0.717) is 5.92 Å². The third-order valence-corrected chi connectivity index (χ3v) is 8.24. The molecular formula is C41H44N2. The van der Waals surface area contributed by atoms with Crippen LogP contribution in [-0.4, -0.2) is 4.98 Å². The molecule has 2 nitrogen and oxygen atoms in total. The standard InChI is InChI=1S/C37H36N2.C4H8/c1-3-13-29(14-4-2)38-37(36-31-20-9-6-16-27(31)25-28-17-7-10-21-32(28)36)35-24-12-23-34(39-35)33-22-11-18-26-15-5-8-19-30(26)33;1-3-4-2/h5-13,15-24,27,37-38H,3-4,14,25H2,1-2H3;3-4H,1-2H3/b;4-3-. The Labute approximate surface area is 258 Å². The van der Waals surface area contributed by atoms with Gasteiger partial charge in [0.2, 0.25) is 0 Å². The Bertz CT molecular complexity index is 1690. The first-order chi connectivity index (χ1) is 21.2. The van der Waals surface area contributed by atoms with Crippen molar-refractivity contribution >= 4 is 16.3 Å². The molecule has 2 aliphatic carbocycles. The van der Waals surface area contributed by atoms with E-state index in [9.17, 15) is 0 Å². The number of benzene rings is 3. The number of pyridine rings is 1. The van der Waals surface area contributed by atoms with Crippen LogP contribution in [0, 0.1) is 5.92 Å². The van der Waals surface area contributed by atoms with Crippen molar-refractivity contribution in [2.24, 2.45) is 5.92 Å². The Morgan fingerprint density at radius 2 is 1.60 bits per heavy atom. The minimum Gasteiger partial charge on any atom is -0.376 e. The first kappa shape index (κ1) is 30.0. The van der Waals surface area contributed by atoms with Gasteiger partial charge in [-0.2, -0.15) is 0 Å². The molecule has 2 unspecified atom stereocenters. The summed E-state index contributed by atoms with van der Waals surface area (Å²) < 4.78 is 0. The summed E-state index contributed by atoms with van der Waals surface area (Å²) in [5, 5.41) is 6.49. The second kappa shape index (κ2) is 14.6. The van der Waals surface area contributed by atoms with Crippen LogP contribution in [0.15, 0.2) is 139 Å². The van der Waals surface area contributed by atoms with Crippen molar-refractivity contribution in [1.29, 1.82) is 0 Å². The van der Waals surface area contributed by atoms with Gasteiger partial charge in [0.05, 0.1) is 17.4 Å². The zero-order valence-electron chi connectivity index (χ0n) is 26.1. The molecular weight excluding hydrogens is 520 g/mol. The van der Waals surface area contributed by atoms with Crippen molar-refractivity contribution in [3.8, 4) is 11.3 Å². The second-order valence-corrected chi connectivity index (χ2v) is 11.2. The average molecular weight is 565 g/mol. The van der Waals surface area contributed by atoms with E-state index in [0.717, 1.165) is 37.1 Å². The number of fused-ring (bicyclic) bond motifs is 3. The molecule has 6 rings (SSSR count). The number of allylic oxidation sites excluding steroid dienone is 9. The van der Waals surface area contributed by atoms with E-state index in [-0.39, 0.29) is 6.04 Å². The Kier molecular flexibility index (Phi) is 10.2. The van der Waals surface area contributed by atoms with Crippen molar-refractivity contribution in [2.45, 2.75) is 59.4 Å². The molecule has 0 aliphatic heterocycles. The predicted molar refractivity (Wildman–Crippen MR) is 186 cm³/mol. The zero-order valence-corrected chi connectivity index (χ0v) is 26.1. The van der Waals surface area contributed by atoms with Gasteiger partial charge in [0.25, 0.3) is 0 Å². The van der Waals surface area contributed by atoms with Crippen LogP contribution in [0.25, 0.3) is 27.6 Å². The smallest absolute Gasteiger partial charge is 0.0946 e. The van der Waals surface area contributed by atoms with Gasteiger partial charge in [0.15, 0.2) is 0 Å². The summed E-state index contributed by atoms with van der Waals surface area (Å²) in [6.07, 6.45) is 19.6. The van der Waals surface area contributed by atoms with Crippen LogP contribution in [0.4, 0.5) is 0 Å². The number of nitrogens with one attached hydrogen (secondary N) is 1. The van der Waals surface area contributed by atoms with Crippen LogP contribution in [0.3, 0.4) is 0 Å². The third kappa shape index (κ3) is 6.81. The quantitative estimate of drug-likeness (QED) is 0.215. The molecule has 218 valence electrons. The summed E-state index contributed by atoms with van der Waals surface area (Å²) in [5.74, 6) is 0.384. The second-order valence-electron chi connectivity index (χ2n) is 11.2. The van der Waals surface area contributed by atoms with Gasteiger partial charge in [-0.05, 0) is 78.3 Å². The van der Waals surface area contributed by atoms with Gasteiger partial charge in [0, 0.05) is 17.2 Å². The first-order valence-electron chi connectivity index (χ1n) is 15.8. The highest BCUT2D eigenvalue weighted by Gasteiger charge is 2.31. The lowest BCUT2D eigenvalue weighted by molar-refractivity contribution is 0.646. The highest BCUT2D eigenvalue weighted by molar-refractivity contribution is 5.95. The number of hydrogen-bond donors (Lipinski definition) is 1. The molecule has 3 aromatic carbocycles. The Morgan fingerprint density at radius 3 is 2.42 bits per heavy atom. The highest BCUT2D eigenvalue weighted by Crippen LogP contribution is 2.44. The largest absolute Gasteiger partial charge is 0.376 e. The van der Waals surface area contributed by atoms with Crippen LogP contribution in [0.5, 0.6) is 0 Å². The monoisotopic (exact) mass is 564 g/mol. The van der Waals surface area contributed by atoms with E-state index in [1.165, 1.54) is 44.3 Å². The molecule has 1 heterocycles. The maximum Gasteiger partial charge on any atom is 0.0946 e. The zero-order chi connectivity index (χ0) is 30.0. The molecule has 1 N–H and O–H groups in total. The molecule has 2 aliphatic rings. The molecule has 2 atom stereocenters. The molecule has 0 radical (unpaired) electrons. The van der Waals surface area contributed by atoms with Gasteiger partial charge in [-0.25, -0.2) is 0 Å². The number of rotatable bonds is 8. The molecule has 4 aromatic rings. The lowest BCUT2D eigenvalue weighted by atomic mass is 9.74. The van der Waals surface area contributed by atoms with Gasteiger partial charge >= 0.3 is 0 Å². The molecule has 0 saturated carbocycles. The average Bonchev–Trinajstić information content (AvgIpc) is 3.06. The van der Waals surface area contributed by atoms with Crippen molar-refractivity contribution in [3.05, 3.63) is 156 Å². The summed E-state index contributed by atoms with van der Waals surface area (Å²) in [4.78, 5) is 5.39. The topological polar surface area (TPSA) is 24.9 Å². The molecule has 0 bridgehead atoms. The van der Waals surface area contributed by atoms with Crippen LogP contribution in [-0.2, 0) is 6.42 Å². The van der Waals surface area contributed by atoms with E-state index in [2.05, 4.69) is 134 Å². The van der Waals surface area contributed by atoms with Gasteiger partial charge in [-0.1, -0.05) is 136 Å². The van der Waals surface area contributed by atoms with Gasteiger partial charge in [-0.3, -0.25) is 4.98 Å². The van der Waals surface area contributed by atoms with Crippen LogP contribution < -0.4 is 5.32 Å².